The molecule has 0 radical (unpaired) electrons. The number of carbonyl (C=O) groups is 1. The van der Waals surface area contributed by atoms with Gasteiger partial charge in [-0.3, -0.25) is 0 Å². The molecule has 2 amide bonds. The minimum absolute atomic E-state index is 0.0619. The number of hydrogen-bond acceptors (Lipinski definition) is 3. The Hall–Kier alpha value is -1.75. The van der Waals surface area contributed by atoms with Gasteiger partial charge in [-0.25, -0.2) is 4.79 Å². The maximum atomic E-state index is 12.1. The van der Waals surface area contributed by atoms with Crippen molar-refractivity contribution in [2.75, 3.05) is 13.2 Å². The molecule has 0 fully saturated rings. The van der Waals surface area contributed by atoms with E-state index in [1.807, 2.05) is 45.0 Å². The van der Waals surface area contributed by atoms with Crippen molar-refractivity contribution in [2.24, 2.45) is 5.92 Å². The third-order valence-corrected chi connectivity index (χ3v) is 3.91. The maximum Gasteiger partial charge on any atom is 0.315 e. The van der Waals surface area contributed by atoms with Crippen LogP contribution in [-0.2, 0) is 0 Å². The lowest BCUT2D eigenvalue weighted by atomic mass is 9.90. The van der Waals surface area contributed by atoms with Crippen LogP contribution in [0.1, 0.15) is 45.2 Å². The smallest absolute Gasteiger partial charge is 0.315 e. The monoisotopic (exact) mass is 306 g/mol. The molecule has 1 aromatic carbocycles. The van der Waals surface area contributed by atoms with Crippen molar-refractivity contribution in [1.82, 2.24) is 10.6 Å². The predicted molar refractivity (Wildman–Crippen MR) is 85.9 cm³/mol. The second kappa shape index (κ2) is 7.01. The number of hydrogen-bond donors (Lipinski definition) is 3. The molecular weight excluding hydrogens is 280 g/mol. The summed E-state index contributed by atoms with van der Waals surface area (Å²) in [5.41, 5.74) is 0.705. The lowest BCUT2D eigenvalue weighted by molar-refractivity contribution is 0.0678. The average Bonchev–Trinajstić information content (AvgIpc) is 2.44. The normalized spacial score (nSPS) is 20.5. The van der Waals surface area contributed by atoms with Crippen molar-refractivity contribution in [3.8, 4) is 5.75 Å². The van der Waals surface area contributed by atoms with Gasteiger partial charge in [-0.1, -0.05) is 25.1 Å². The summed E-state index contributed by atoms with van der Waals surface area (Å²) in [7, 11) is 0. The molecular formula is C17H26N2O3. The van der Waals surface area contributed by atoms with E-state index >= 15 is 0 Å². The molecule has 0 spiro atoms. The van der Waals surface area contributed by atoms with Crippen LogP contribution in [0.15, 0.2) is 24.3 Å². The average molecular weight is 306 g/mol. The molecule has 5 nitrogen and oxygen atoms in total. The van der Waals surface area contributed by atoms with Gasteiger partial charge in [0.15, 0.2) is 0 Å². The van der Waals surface area contributed by atoms with Crippen LogP contribution in [-0.4, -0.2) is 29.9 Å². The van der Waals surface area contributed by atoms with E-state index in [0.29, 0.717) is 13.0 Å². The highest BCUT2D eigenvalue weighted by molar-refractivity contribution is 5.74. The van der Waals surface area contributed by atoms with Crippen molar-refractivity contribution in [3.63, 3.8) is 0 Å². The fourth-order valence-corrected chi connectivity index (χ4v) is 2.73. The highest BCUT2D eigenvalue weighted by Gasteiger charge is 2.34. The van der Waals surface area contributed by atoms with E-state index in [-0.39, 0.29) is 30.2 Å². The summed E-state index contributed by atoms with van der Waals surface area (Å²) in [4.78, 5) is 12.1. The lowest BCUT2D eigenvalue weighted by Gasteiger charge is -2.37. The van der Waals surface area contributed by atoms with Crippen LogP contribution in [0.25, 0.3) is 0 Å². The third-order valence-electron chi connectivity index (χ3n) is 3.91. The van der Waals surface area contributed by atoms with Crippen LogP contribution in [0.2, 0.25) is 0 Å². The van der Waals surface area contributed by atoms with Gasteiger partial charge in [0.1, 0.15) is 11.4 Å². The topological polar surface area (TPSA) is 70.6 Å². The molecule has 22 heavy (non-hydrogen) atoms. The molecule has 0 saturated carbocycles. The first kappa shape index (κ1) is 16.6. The Balaban J connectivity index is 1.98. The molecule has 5 heteroatoms. The Morgan fingerprint density at radius 2 is 2.18 bits per heavy atom. The fourth-order valence-electron chi connectivity index (χ4n) is 2.73. The molecule has 3 N–H and O–H groups in total. The number of fused-ring (bicyclic) bond motifs is 1. The van der Waals surface area contributed by atoms with Crippen molar-refractivity contribution in [1.29, 1.82) is 0 Å². The van der Waals surface area contributed by atoms with Gasteiger partial charge in [0.05, 0.1) is 6.04 Å². The molecule has 0 aliphatic carbocycles. The number of amides is 2. The van der Waals surface area contributed by atoms with Crippen molar-refractivity contribution < 1.29 is 14.6 Å². The van der Waals surface area contributed by atoms with E-state index in [4.69, 9.17) is 9.84 Å². The van der Waals surface area contributed by atoms with Gasteiger partial charge in [0, 0.05) is 25.1 Å². The first-order chi connectivity index (χ1) is 10.4. The first-order valence-corrected chi connectivity index (χ1v) is 7.84. The molecule has 1 aliphatic rings. The number of benzene rings is 1. The fraction of sp³-hybridized carbons (Fsp3) is 0.588. The standard InChI is InChI=1S/C17H26N2O3/c1-12(8-9-20)11-18-16(21)19-14-10-17(2,3)22-15-7-5-4-6-13(14)15/h4-7,12,14,20H,8-11H2,1-3H3,(H2,18,19,21). The maximum absolute atomic E-state index is 12.1. The van der Waals surface area contributed by atoms with Gasteiger partial charge in [-0.15, -0.1) is 0 Å². The summed E-state index contributed by atoms with van der Waals surface area (Å²) in [6, 6.07) is 7.58. The van der Waals surface area contributed by atoms with Crippen LogP contribution in [0.3, 0.4) is 0 Å². The number of para-hydroxylation sites is 1. The largest absolute Gasteiger partial charge is 0.487 e. The number of nitrogens with one attached hydrogen (secondary N) is 2. The first-order valence-electron chi connectivity index (χ1n) is 7.84. The highest BCUT2D eigenvalue weighted by atomic mass is 16.5. The third kappa shape index (κ3) is 4.37. The van der Waals surface area contributed by atoms with E-state index in [9.17, 15) is 4.79 Å². The van der Waals surface area contributed by atoms with Gasteiger partial charge in [-0.2, -0.15) is 0 Å². The van der Waals surface area contributed by atoms with Gasteiger partial charge < -0.3 is 20.5 Å². The van der Waals surface area contributed by atoms with Crippen LogP contribution in [0, 0.1) is 5.92 Å². The molecule has 2 rings (SSSR count). The van der Waals surface area contributed by atoms with Gasteiger partial charge in [0.25, 0.3) is 0 Å². The molecule has 122 valence electrons. The summed E-state index contributed by atoms with van der Waals surface area (Å²) in [5.74, 6) is 1.09. The van der Waals surface area contributed by atoms with E-state index in [1.54, 1.807) is 0 Å². The Morgan fingerprint density at radius 1 is 1.45 bits per heavy atom. The molecule has 1 heterocycles. The number of rotatable bonds is 5. The van der Waals surface area contributed by atoms with E-state index < -0.39 is 0 Å². The SMILES string of the molecule is CC(CCO)CNC(=O)NC1CC(C)(C)Oc2ccccc21. The lowest BCUT2D eigenvalue weighted by Crippen LogP contribution is -2.45. The van der Waals surface area contributed by atoms with Crippen molar-refractivity contribution in [2.45, 2.75) is 45.3 Å². The number of ether oxygens (including phenoxy) is 1. The minimum Gasteiger partial charge on any atom is -0.487 e. The number of aliphatic hydroxyl groups excluding tert-OH is 1. The summed E-state index contributed by atoms with van der Waals surface area (Å²) < 4.78 is 5.96. The van der Waals surface area contributed by atoms with Crippen LogP contribution < -0.4 is 15.4 Å². The molecule has 0 bridgehead atoms. The van der Waals surface area contributed by atoms with Crippen LogP contribution in [0.5, 0.6) is 5.75 Å². The Morgan fingerprint density at radius 3 is 2.91 bits per heavy atom. The molecule has 2 atom stereocenters. The zero-order chi connectivity index (χ0) is 16.2. The predicted octanol–water partition coefficient (Wildman–Crippen LogP) is 2.61. The van der Waals surface area contributed by atoms with Crippen molar-refractivity contribution in [3.05, 3.63) is 29.8 Å². The number of carbonyl (C=O) groups excluding carboxylic acids is 1. The molecule has 1 aliphatic heterocycles. The summed E-state index contributed by atoms with van der Waals surface area (Å²) in [5, 5.41) is 14.8. The summed E-state index contributed by atoms with van der Waals surface area (Å²) in [6.45, 7) is 6.76. The van der Waals surface area contributed by atoms with E-state index in [1.165, 1.54) is 0 Å². The van der Waals surface area contributed by atoms with Gasteiger partial charge in [0.2, 0.25) is 0 Å². The van der Waals surface area contributed by atoms with E-state index in [2.05, 4.69) is 10.6 Å². The van der Waals surface area contributed by atoms with Gasteiger partial charge >= 0.3 is 6.03 Å². The second-order valence-electron chi connectivity index (χ2n) is 6.63. The number of aliphatic hydroxyl groups is 1. The molecule has 0 aromatic heterocycles. The molecule has 1 aromatic rings. The Labute approximate surface area is 132 Å². The van der Waals surface area contributed by atoms with E-state index in [0.717, 1.165) is 17.7 Å². The van der Waals surface area contributed by atoms with Crippen molar-refractivity contribution >= 4 is 6.03 Å². The minimum atomic E-state index is -0.309. The second-order valence-corrected chi connectivity index (χ2v) is 6.63. The van der Waals surface area contributed by atoms with Crippen LogP contribution >= 0.6 is 0 Å². The van der Waals surface area contributed by atoms with Gasteiger partial charge in [-0.05, 0) is 32.3 Å². The summed E-state index contributed by atoms with van der Waals surface area (Å²) in [6.07, 6.45) is 1.41. The number of urea groups is 1. The zero-order valence-corrected chi connectivity index (χ0v) is 13.6. The molecule has 2 unspecified atom stereocenters. The van der Waals surface area contributed by atoms with Crippen LogP contribution in [0.4, 0.5) is 4.79 Å². The molecule has 0 saturated heterocycles. The zero-order valence-electron chi connectivity index (χ0n) is 13.6. The highest BCUT2D eigenvalue weighted by Crippen LogP contribution is 2.39. The quantitative estimate of drug-likeness (QED) is 0.783. The Bertz CT molecular complexity index is 516. The summed E-state index contributed by atoms with van der Waals surface area (Å²) >= 11 is 0. The Kier molecular flexibility index (Phi) is 5.29.